The van der Waals surface area contributed by atoms with E-state index >= 15 is 0 Å². The average molecular weight is 162 g/mol. The Morgan fingerprint density at radius 2 is 1.91 bits per heavy atom. The fraction of sp³-hybridized carbons (Fsp3) is 0.667. The van der Waals surface area contributed by atoms with Gasteiger partial charge in [0.15, 0.2) is 0 Å². The molecule has 1 heterocycles. The fourth-order valence-electron chi connectivity index (χ4n) is 0.893. The van der Waals surface area contributed by atoms with Crippen LogP contribution in [0, 0.1) is 0 Å². The second-order valence-corrected chi connectivity index (χ2v) is 2.56. The van der Waals surface area contributed by atoms with Crippen LogP contribution in [0.3, 0.4) is 0 Å². The van der Waals surface area contributed by atoms with E-state index in [2.05, 4.69) is 4.74 Å². The molecule has 0 radical (unpaired) electrons. The number of rotatable bonds is 1. The van der Waals surface area contributed by atoms with Gasteiger partial charge in [-0.15, -0.1) is 0 Å². The van der Waals surface area contributed by atoms with E-state index in [9.17, 15) is 14.0 Å². The topological polar surface area (TPSA) is 63.6 Å². The van der Waals surface area contributed by atoms with Gasteiger partial charge in [-0.2, -0.15) is 0 Å². The van der Waals surface area contributed by atoms with E-state index in [1.807, 2.05) is 0 Å². The zero-order valence-electron chi connectivity index (χ0n) is 5.67. The summed E-state index contributed by atoms with van der Waals surface area (Å²) in [4.78, 5) is 21.0. The summed E-state index contributed by atoms with van der Waals surface area (Å²) in [6.45, 7) is -1.10. The van der Waals surface area contributed by atoms with Crippen molar-refractivity contribution in [2.75, 3.05) is 6.67 Å². The molecule has 5 heteroatoms. The number of cyclic esters (lactones) is 2. The Kier molecular flexibility index (Phi) is 1.90. The van der Waals surface area contributed by atoms with Gasteiger partial charge in [0.1, 0.15) is 12.3 Å². The maximum absolute atomic E-state index is 12.0. The van der Waals surface area contributed by atoms with Gasteiger partial charge in [-0.25, -0.2) is 4.39 Å². The molecule has 0 bridgehead atoms. The van der Waals surface area contributed by atoms with Gasteiger partial charge in [0.25, 0.3) is 0 Å². The van der Waals surface area contributed by atoms with Crippen molar-refractivity contribution in [1.82, 2.24) is 0 Å². The number of hydrogen-bond donors (Lipinski definition) is 1. The van der Waals surface area contributed by atoms with Gasteiger partial charge >= 0.3 is 11.9 Å². The zero-order valence-corrected chi connectivity index (χ0v) is 5.67. The Hall–Kier alpha value is -0.970. The minimum Gasteiger partial charge on any atom is -0.393 e. The number of ether oxygens (including phenoxy) is 1. The van der Waals surface area contributed by atoms with Crippen LogP contribution < -0.4 is 0 Å². The van der Waals surface area contributed by atoms with E-state index in [1.165, 1.54) is 0 Å². The van der Waals surface area contributed by atoms with Crippen molar-refractivity contribution in [2.45, 2.75) is 18.4 Å². The predicted molar refractivity (Wildman–Crippen MR) is 31.3 cm³/mol. The van der Waals surface area contributed by atoms with Gasteiger partial charge in [-0.3, -0.25) is 9.59 Å². The lowest BCUT2D eigenvalue weighted by atomic mass is 9.95. The second-order valence-electron chi connectivity index (χ2n) is 2.56. The Balaban J connectivity index is 2.70. The van der Waals surface area contributed by atoms with Crippen molar-refractivity contribution in [3.63, 3.8) is 0 Å². The van der Waals surface area contributed by atoms with E-state index in [4.69, 9.17) is 5.11 Å². The van der Waals surface area contributed by atoms with E-state index in [0.29, 0.717) is 0 Å². The molecule has 4 nitrogen and oxygen atoms in total. The highest BCUT2D eigenvalue weighted by molar-refractivity contribution is 5.89. The summed E-state index contributed by atoms with van der Waals surface area (Å²) in [6.07, 6.45) is -0.898. The smallest absolute Gasteiger partial charge is 0.316 e. The number of halogens is 1. The largest absolute Gasteiger partial charge is 0.393 e. The van der Waals surface area contributed by atoms with Crippen LogP contribution in [-0.2, 0) is 14.3 Å². The molecule has 1 rings (SSSR count). The van der Waals surface area contributed by atoms with Gasteiger partial charge in [-0.05, 0) is 0 Å². The first-order valence-electron chi connectivity index (χ1n) is 3.08. The molecule has 1 aliphatic heterocycles. The summed E-state index contributed by atoms with van der Waals surface area (Å²) in [5, 5.41) is 9.12. The van der Waals surface area contributed by atoms with Crippen LogP contribution >= 0.6 is 0 Å². The molecule has 1 aliphatic rings. The quantitative estimate of drug-likeness (QED) is 0.419. The molecule has 1 N–H and O–H groups in total. The molecule has 0 aromatic rings. The van der Waals surface area contributed by atoms with E-state index in [0.717, 1.165) is 0 Å². The minimum absolute atomic E-state index is 0.449. The van der Waals surface area contributed by atoms with Crippen molar-refractivity contribution in [1.29, 1.82) is 0 Å². The molecular weight excluding hydrogens is 155 g/mol. The lowest BCUT2D eigenvalue weighted by molar-refractivity contribution is -0.175. The number of esters is 2. The Bertz CT molecular complexity index is 185. The van der Waals surface area contributed by atoms with Crippen LogP contribution in [0.5, 0.6) is 0 Å². The first kappa shape index (κ1) is 8.13. The molecule has 0 unspecified atom stereocenters. The van der Waals surface area contributed by atoms with Crippen LogP contribution in [0.25, 0.3) is 0 Å². The summed E-state index contributed by atoms with van der Waals surface area (Å²) in [6, 6.07) is 0. The maximum Gasteiger partial charge on any atom is 0.316 e. The lowest BCUT2D eigenvalue weighted by Gasteiger charge is -2.25. The van der Waals surface area contributed by atoms with Crippen molar-refractivity contribution < 1.29 is 23.8 Å². The Morgan fingerprint density at radius 3 is 2.27 bits per heavy atom. The highest BCUT2D eigenvalue weighted by Crippen LogP contribution is 2.22. The van der Waals surface area contributed by atoms with Gasteiger partial charge in [0, 0.05) is 0 Å². The normalized spacial score (nSPS) is 23.1. The van der Waals surface area contributed by atoms with E-state index < -0.39 is 37.1 Å². The lowest BCUT2D eigenvalue weighted by Crippen LogP contribution is -2.42. The third-order valence-corrected chi connectivity index (χ3v) is 1.42. The molecule has 1 saturated heterocycles. The number of carbonyl (C=O) groups excluding carboxylic acids is 2. The first-order chi connectivity index (χ1) is 5.06. The van der Waals surface area contributed by atoms with Gasteiger partial charge in [0.05, 0.1) is 12.8 Å². The van der Waals surface area contributed by atoms with Gasteiger partial charge in [0.2, 0.25) is 0 Å². The SMILES string of the molecule is O=C1CC(O)(CF)CC(=O)O1. The molecular formula is C6H7FO4. The molecule has 0 aromatic carbocycles. The summed E-state index contributed by atoms with van der Waals surface area (Å²) < 4.78 is 16.1. The zero-order chi connectivity index (χ0) is 8.48. The van der Waals surface area contributed by atoms with Crippen molar-refractivity contribution in [2.24, 2.45) is 0 Å². The van der Waals surface area contributed by atoms with Crippen LogP contribution in [0.1, 0.15) is 12.8 Å². The summed E-state index contributed by atoms with van der Waals surface area (Å²) in [5.41, 5.74) is -1.83. The summed E-state index contributed by atoms with van der Waals surface area (Å²) >= 11 is 0. The van der Waals surface area contributed by atoms with Crippen molar-refractivity contribution in [3.8, 4) is 0 Å². The predicted octanol–water partition coefficient (Wildman–Crippen LogP) is -0.449. The molecule has 11 heavy (non-hydrogen) atoms. The number of alkyl halides is 1. The maximum atomic E-state index is 12.0. The third kappa shape index (κ3) is 1.74. The highest BCUT2D eigenvalue weighted by Gasteiger charge is 2.39. The van der Waals surface area contributed by atoms with E-state index in [-0.39, 0.29) is 0 Å². The molecule has 0 aliphatic carbocycles. The molecule has 1 fully saturated rings. The van der Waals surface area contributed by atoms with E-state index in [1.54, 1.807) is 0 Å². The van der Waals surface area contributed by atoms with Gasteiger partial charge in [-0.1, -0.05) is 0 Å². The first-order valence-corrected chi connectivity index (χ1v) is 3.08. The number of aliphatic hydroxyl groups is 1. The number of carbonyl (C=O) groups is 2. The van der Waals surface area contributed by atoms with Crippen LogP contribution in [0.15, 0.2) is 0 Å². The van der Waals surface area contributed by atoms with Crippen molar-refractivity contribution in [3.05, 3.63) is 0 Å². The summed E-state index contributed by atoms with van der Waals surface area (Å²) in [5.74, 6) is -1.75. The number of hydrogen-bond acceptors (Lipinski definition) is 4. The van der Waals surface area contributed by atoms with Crippen molar-refractivity contribution >= 4 is 11.9 Å². The van der Waals surface area contributed by atoms with Crippen LogP contribution in [0.2, 0.25) is 0 Å². The highest BCUT2D eigenvalue weighted by atomic mass is 19.1. The average Bonchev–Trinajstić information content (AvgIpc) is 1.84. The van der Waals surface area contributed by atoms with Gasteiger partial charge < -0.3 is 9.84 Å². The molecule has 0 aromatic heterocycles. The molecule has 0 spiro atoms. The molecule has 62 valence electrons. The summed E-state index contributed by atoms with van der Waals surface area (Å²) in [7, 11) is 0. The fourth-order valence-corrected chi connectivity index (χ4v) is 0.893. The minimum atomic E-state index is -1.83. The van der Waals surface area contributed by atoms with Crippen LogP contribution in [0.4, 0.5) is 4.39 Å². The molecule has 0 amide bonds. The second kappa shape index (κ2) is 2.58. The third-order valence-electron chi connectivity index (χ3n) is 1.42. The Labute approximate surface area is 62.0 Å². The Morgan fingerprint density at radius 1 is 1.45 bits per heavy atom. The molecule has 0 atom stereocenters. The van der Waals surface area contributed by atoms with Crippen LogP contribution in [-0.4, -0.2) is 29.3 Å². The monoisotopic (exact) mass is 162 g/mol. The standard InChI is InChI=1S/C6H7FO4/c7-3-6(10)1-4(8)11-5(9)2-6/h10H,1-3H2. The molecule has 0 saturated carbocycles.